The molecule has 0 spiro atoms. The number of fused-ring (bicyclic) bond motifs is 1. The summed E-state index contributed by atoms with van der Waals surface area (Å²) in [5, 5.41) is 3.56. The lowest BCUT2D eigenvalue weighted by Gasteiger charge is -2.25. The van der Waals surface area contributed by atoms with E-state index >= 15 is 0 Å². The minimum Gasteiger partial charge on any atom is -0.335 e. The summed E-state index contributed by atoms with van der Waals surface area (Å²) in [6, 6.07) is 14.5. The van der Waals surface area contributed by atoms with Crippen molar-refractivity contribution in [3.05, 3.63) is 71.3 Å². The Balaban J connectivity index is 1.54. The van der Waals surface area contributed by atoms with Crippen molar-refractivity contribution in [1.82, 2.24) is 9.88 Å². The quantitative estimate of drug-likeness (QED) is 0.639. The Morgan fingerprint density at radius 1 is 1.24 bits per heavy atom. The lowest BCUT2D eigenvalue weighted by molar-refractivity contribution is -0.129. The van der Waals surface area contributed by atoms with Crippen LogP contribution in [0.5, 0.6) is 0 Å². The van der Waals surface area contributed by atoms with E-state index in [1.165, 1.54) is 0 Å². The molecule has 0 bridgehead atoms. The molecular formula is C22H19ClFN3O2. The highest BCUT2D eigenvalue weighted by atomic mass is 35.5. The van der Waals surface area contributed by atoms with Crippen molar-refractivity contribution in [2.75, 3.05) is 11.9 Å². The molecule has 1 N–H and O–H groups in total. The first-order valence-corrected chi connectivity index (χ1v) is 9.71. The van der Waals surface area contributed by atoms with E-state index in [1.54, 1.807) is 23.1 Å². The lowest BCUT2D eigenvalue weighted by Crippen LogP contribution is -2.30. The number of benzene rings is 2. The monoisotopic (exact) mass is 411 g/mol. The molecule has 0 aliphatic carbocycles. The van der Waals surface area contributed by atoms with Crippen molar-refractivity contribution in [3.63, 3.8) is 0 Å². The summed E-state index contributed by atoms with van der Waals surface area (Å²) >= 11 is 6.05. The Labute approximate surface area is 172 Å². The molecule has 2 atom stereocenters. The average Bonchev–Trinajstić information content (AvgIpc) is 3.13. The Morgan fingerprint density at radius 3 is 2.76 bits per heavy atom. The van der Waals surface area contributed by atoms with Gasteiger partial charge in [0.15, 0.2) is 5.82 Å². The number of likely N-dealkylation sites (tertiary alicyclic amines) is 1. The minimum atomic E-state index is -0.567. The van der Waals surface area contributed by atoms with Gasteiger partial charge in [0.2, 0.25) is 11.8 Å². The lowest BCUT2D eigenvalue weighted by atomic mass is 10.1. The highest BCUT2D eigenvalue weighted by Gasteiger charge is 2.37. The maximum absolute atomic E-state index is 14.3. The van der Waals surface area contributed by atoms with Gasteiger partial charge in [-0.05, 0) is 18.6 Å². The maximum Gasteiger partial charge on any atom is 0.229 e. The van der Waals surface area contributed by atoms with Gasteiger partial charge in [0.05, 0.1) is 23.8 Å². The van der Waals surface area contributed by atoms with E-state index in [1.807, 2.05) is 37.3 Å². The van der Waals surface area contributed by atoms with Crippen LogP contribution in [0.2, 0.25) is 5.15 Å². The number of hydrogen-bond acceptors (Lipinski definition) is 3. The number of carbonyl (C=O) groups excluding carboxylic acids is 2. The van der Waals surface area contributed by atoms with Crippen LogP contribution in [-0.2, 0) is 9.59 Å². The van der Waals surface area contributed by atoms with Crippen LogP contribution >= 0.6 is 11.6 Å². The molecule has 7 heteroatoms. The summed E-state index contributed by atoms with van der Waals surface area (Å²) in [7, 11) is 0. The number of hydrogen-bond donors (Lipinski definition) is 1. The maximum atomic E-state index is 14.3. The molecule has 0 radical (unpaired) electrons. The molecule has 1 aromatic heterocycles. The first-order chi connectivity index (χ1) is 14.0. The molecule has 29 heavy (non-hydrogen) atoms. The van der Waals surface area contributed by atoms with E-state index in [4.69, 9.17) is 11.6 Å². The average molecular weight is 412 g/mol. The van der Waals surface area contributed by atoms with Gasteiger partial charge in [0.25, 0.3) is 0 Å². The second-order valence-corrected chi connectivity index (χ2v) is 7.51. The molecular weight excluding hydrogens is 393 g/mol. The number of carbonyl (C=O) groups is 2. The largest absolute Gasteiger partial charge is 0.335 e. The summed E-state index contributed by atoms with van der Waals surface area (Å²) in [6.07, 6.45) is 1.15. The third-order valence-electron chi connectivity index (χ3n) is 5.35. The highest BCUT2D eigenvalue weighted by molar-refractivity contribution is 6.34. The van der Waals surface area contributed by atoms with E-state index in [-0.39, 0.29) is 34.8 Å². The standard InChI is InChI=1S/C22H19ClFN3O2/c1-13(14-6-3-2-4-7-14)27-12-15(10-19(27)28)22(29)26-18-9-5-8-16-20(18)17(24)11-25-21(16)23/h2-9,11,13,15H,10,12H2,1H3,(H,26,29). The molecule has 1 aliphatic rings. The smallest absolute Gasteiger partial charge is 0.229 e. The normalized spacial score (nSPS) is 17.6. The number of halogens is 2. The van der Waals surface area contributed by atoms with Gasteiger partial charge in [-0.25, -0.2) is 9.37 Å². The van der Waals surface area contributed by atoms with Crippen LogP contribution in [0.15, 0.2) is 54.7 Å². The molecule has 1 fully saturated rings. The molecule has 4 rings (SSSR count). The Bertz CT molecular complexity index is 1090. The van der Waals surface area contributed by atoms with Gasteiger partial charge in [0.1, 0.15) is 5.15 Å². The third kappa shape index (κ3) is 3.68. The van der Waals surface area contributed by atoms with Crippen molar-refractivity contribution in [2.24, 2.45) is 5.92 Å². The van der Waals surface area contributed by atoms with Crippen LogP contribution in [-0.4, -0.2) is 28.2 Å². The first-order valence-electron chi connectivity index (χ1n) is 9.33. The molecule has 148 valence electrons. The van der Waals surface area contributed by atoms with Crippen molar-refractivity contribution in [3.8, 4) is 0 Å². The second kappa shape index (κ2) is 7.79. The Kier molecular flexibility index (Phi) is 5.20. The highest BCUT2D eigenvalue weighted by Crippen LogP contribution is 2.32. The fourth-order valence-corrected chi connectivity index (χ4v) is 3.97. The van der Waals surface area contributed by atoms with Gasteiger partial charge < -0.3 is 10.2 Å². The van der Waals surface area contributed by atoms with Crippen LogP contribution in [0.25, 0.3) is 10.8 Å². The zero-order valence-electron chi connectivity index (χ0n) is 15.7. The zero-order chi connectivity index (χ0) is 20.5. The predicted octanol–water partition coefficient (Wildman–Crippen LogP) is 4.58. The zero-order valence-corrected chi connectivity index (χ0v) is 16.5. The van der Waals surface area contributed by atoms with Gasteiger partial charge in [-0.2, -0.15) is 0 Å². The summed E-state index contributed by atoms with van der Waals surface area (Å²) in [5.74, 6) is -1.47. The van der Waals surface area contributed by atoms with Gasteiger partial charge in [0, 0.05) is 23.7 Å². The molecule has 2 unspecified atom stereocenters. The molecule has 1 aliphatic heterocycles. The number of rotatable bonds is 4. The first kappa shape index (κ1) is 19.3. The van der Waals surface area contributed by atoms with Gasteiger partial charge in [-0.15, -0.1) is 0 Å². The molecule has 2 amide bonds. The molecule has 1 saturated heterocycles. The van der Waals surface area contributed by atoms with Crippen LogP contribution in [0, 0.1) is 11.7 Å². The number of nitrogens with zero attached hydrogens (tertiary/aromatic N) is 2. The predicted molar refractivity (Wildman–Crippen MR) is 110 cm³/mol. The summed E-state index contributed by atoms with van der Waals surface area (Å²) in [4.78, 5) is 30.9. The van der Waals surface area contributed by atoms with E-state index in [9.17, 15) is 14.0 Å². The van der Waals surface area contributed by atoms with Gasteiger partial charge >= 0.3 is 0 Å². The number of anilines is 1. The van der Waals surface area contributed by atoms with Crippen molar-refractivity contribution in [1.29, 1.82) is 0 Å². The van der Waals surface area contributed by atoms with E-state index in [0.717, 1.165) is 11.8 Å². The minimum absolute atomic E-state index is 0.0714. The number of amides is 2. The third-order valence-corrected chi connectivity index (χ3v) is 5.65. The van der Waals surface area contributed by atoms with Crippen LogP contribution in [0.3, 0.4) is 0 Å². The number of aromatic nitrogens is 1. The Hall–Kier alpha value is -2.99. The van der Waals surface area contributed by atoms with E-state index in [2.05, 4.69) is 10.3 Å². The molecule has 2 aromatic carbocycles. The number of pyridine rings is 1. The summed E-state index contributed by atoms with van der Waals surface area (Å²) in [5.41, 5.74) is 1.33. The van der Waals surface area contributed by atoms with Gasteiger partial charge in [-0.3, -0.25) is 9.59 Å². The molecule has 3 aromatic rings. The van der Waals surface area contributed by atoms with Crippen LogP contribution in [0.1, 0.15) is 24.9 Å². The summed E-state index contributed by atoms with van der Waals surface area (Å²) < 4.78 is 14.3. The van der Waals surface area contributed by atoms with E-state index < -0.39 is 11.7 Å². The molecule has 5 nitrogen and oxygen atoms in total. The van der Waals surface area contributed by atoms with Crippen molar-refractivity contribution < 1.29 is 14.0 Å². The number of nitrogens with one attached hydrogen (secondary N) is 1. The fraction of sp³-hybridized carbons (Fsp3) is 0.227. The second-order valence-electron chi connectivity index (χ2n) is 7.15. The van der Waals surface area contributed by atoms with Crippen LogP contribution in [0.4, 0.5) is 10.1 Å². The van der Waals surface area contributed by atoms with Gasteiger partial charge in [-0.1, -0.05) is 54.1 Å². The van der Waals surface area contributed by atoms with Crippen LogP contribution < -0.4 is 5.32 Å². The molecule has 2 heterocycles. The SMILES string of the molecule is CC(c1ccccc1)N1CC(C(=O)Nc2cccc3c(Cl)ncc(F)c23)CC1=O. The topological polar surface area (TPSA) is 62.3 Å². The van der Waals surface area contributed by atoms with E-state index in [0.29, 0.717) is 17.6 Å². The molecule has 0 saturated carbocycles. The van der Waals surface area contributed by atoms with Crippen molar-refractivity contribution in [2.45, 2.75) is 19.4 Å². The Morgan fingerprint density at radius 2 is 2.00 bits per heavy atom. The van der Waals surface area contributed by atoms with Crippen molar-refractivity contribution >= 4 is 39.9 Å². The summed E-state index contributed by atoms with van der Waals surface area (Å²) in [6.45, 7) is 2.26. The fourth-order valence-electron chi connectivity index (χ4n) is 3.76.